The molecule has 0 spiro atoms. The third-order valence-electron chi connectivity index (χ3n) is 3.70. The molecule has 114 valence electrons. The normalized spacial score (nSPS) is 13.2. The van der Waals surface area contributed by atoms with E-state index in [2.05, 4.69) is 45.0 Å². The lowest BCUT2D eigenvalue weighted by atomic mass is 9.86. The highest BCUT2D eigenvalue weighted by molar-refractivity contribution is 8.30. The van der Waals surface area contributed by atoms with Crippen LogP contribution in [0.25, 0.3) is 0 Å². The van der Waals surface area contributed by atoms with Gasteiger partial charge in [0, 0.05) is 10.6 Å². The van der Waals surface area contributed by atoms with Gasteiger partial charge in [-0.15, -0.1) is 10.4 Å². The maximum absolute atomic E-state index is 6.37. The van der Waals surface area contributed by atoms with E-state index < -0.39 is 10.4 Å². The number of aryl methyl sites for hydroxylation is 1. The summed E-state index contributed by atoms with van der Waals surface area (Å²) in [4.78, 5) is 1.07. The number of nitrogens with two attached hydrogens (primary N) is 2. The highest BCUT2D eigenvalue weighted by Crippen LogP contribution is 2.41. The van der Waals surface area contributed by atoms with Crippen molar-refractivity contribution in [1.82, 2.24) is 0 Å². The van der Waals surface area contributed by atoms with Gasteiger partial charge in [-0.3, -0.25) is 10.3 Å². The van der Waals surface area contributed by atoms with E-state index in [1.54, 1.807) is 0 Å². The molecule has 0 aromatic heterocycles. The van der Waals surface area contributed by atoms with Crippen molar-refractivity contribution in [1.29, 1.82) is 0 Å². The van der Waals surface area contributed by atoms with Crippen LogP contribution in [0.3, 0.4) is 0 Å². The van der Waals surface area contributed by atoms with E-state index in [-0.39, 0.29) is 5.41 Å². The molecule has 0 heterocycles. The summed E-state index contributed by atoms with van der Waals surface area (Å²) in [6, 6.07) is 18.8. The minimum Gasteiger partial charge on any atom is -0.280 e. The van der Waals surface area contributed by atoms with Gasteiger partial charge in [-0.2, -0.15) is 0 Å². The fraction of sp³-hybridized carbons (Fsp3) is 0.333. The first-order valence-corrected chi connectivity index (χ1v) is 9.23. The maximum atomic E-state index is 6.37. The van der Waals surface area contributed by atoms with Crippen molar-refractivity contribution in [3.63, 3.8) is 0 Å². The van der Waals surface area contributed by atoms with E-state index in [4.69, 9.17) is 10.3 Å². The van der Waals surface area contributed by atoms with Crippen molar-refractivity contribution in [3.05, 3.63) is 65.7 Å². The molecule has 2 aromatic rings. The van der Waals surface area contributed by atoms with Crippen LogP contribution in [0.1, 0.15) is 31.9 Å². The van der Waals surface area contributed by atoms with Crippen LogP contribution in [0.15, 0.2) is 59.5 Å². The predicted molar refractivity (Wildman–Crippen MR) is 94.4 cm³/mol. The molecule has 4 N–H and O–H groups in total. The number of rotatable bonds is 4. The maximum Gasteiger partial charge on any atom is 0.0149 e. The third kappa shape index (κ3) is 4.34. The zero-order chi connectivity index (χ0) is 15.5. The van der Waals surface area contributed by atoms with Crippen molar-refractivity contribution in [2.45, 2.75) is 37.5 Å². The zero-order valence-electron chi connectivity index (χ0n) is 13.2. The van der Waals surface area contributed by atoms with Crippen molar-refractivity contribution >= 4 is 10.4 Å². The van der Waals surface area contributed by atoms with Crippen LogP contribution in [0.2, 0.25) is 0 Å². The first-order valence-electron chi connectivity index (χ1n) is 7.30. The second kappa shape index (κ2) is 6.22. The van der Waals surface area contributed by atoms with Crippen LogP contribution in [-0.2, 0) is 11.8 Å². The summed E-state index contributed by atoms with van der Waals surface area (Å²) < 4.78 is 0. The molecule has 2 aromatic carbocycles. The standard InChI is InChI=1S/C18H26N2S/c1-18(2,3)16-9-7-8-15(14-16)12-13-21(19,20)17-10-5-4-6-11-17/h4-11,14H,12-13,19-20H2,1-3H3. The molecule has 21 heavy (non-hydrogen) atoms. The molecular formula is C18H26N2S. The monoisotopic (exact) mass is 302 g/mol. The molecule has 2 nitrogen and oxygen atoms in total. The van der Waals surface area contributed by atoms with Gasteiger partial charge in [-0.05, 0) is 35.1 Å². The second-order valence-corrected chi connectivity index (χ2v) is 9.15. The van der Waals surface area contributed by atoms with Gasteiger partial charge in [0.05, 0.1) is 0 Å². The zero-order valence-corrected chi connectivity index (χ0v) is 14.0. The highest BCUT2D eigenvalue weighted by Gasteiger charge is 2.17. The fourth-order valence-electron chi connectivity index (χ4n) is 2.27. The number of hydrogen-bond acceptors (Lipinski definition) is 2. The third-order valence-corrected chi connectivity index (χ3v) is 5.73. The molecule has 0 aliphatic carbocycles. The number of hydrogen-bond donors (Lipinski definition) is 2. The van der Waals surface area contributed by atoms with Gasteiger partial charge in [0.25, 0.3) is 0 Å². The lowest BCUT2D eigenvalue weighted by molar-refractivity contribution is 0.589. The SMILES string of the molecule is CC(C)(C)c1cccc(CCS(N)(N)c2ccccc2)c1. The molecule has 0 saturated carbocycles. The van der Waals surface area contributed by atoms with E-state index >= 15 is 0 Å². The molecule has 3 heteroatoms. The lowest BCUT2D eigenvalue weighted by Gasteiger charge is -2.31. The van der Waals surface area contributed by atoms with Gasteiger partial charge in [0.15, 0.2) is 0 Å². The van der Waals surface area contributed by atoms with Gasteiger partial charge < -0.3 is 0 Å². The summed E-state index contributed by atoms with van der Waals surface area (Å²) in [7, 11) is -1.71. The Morgan fingerprint density at radius 2 is 1.57 bits per heavy atom. The van der Waals surface area contributed by atoms with Crippen molar-refractivity contribution < 1.29 is 0 Å². The van der Waals surface area contributed by atoms with Crippen LogP contribution in [-0.4, -0.2) is 5.75 Å². The van der Waals surface area contributed by atoms with E-state index in [1.807, 2.05) is 30.3 Å². The van der Waals surface area contributed by atoms with Crippen LogP contribution in [0.4, 0.5) is 0 Å². The quantitative estimate of drug-likeness (QED) is 0.892. The molecule has 0 amide bonds. The summed E-state index contributed by atoms with van der Waals surface area (Å²) in [5.41, 5.74) is 2.84. The van der Waals surface area contributed by atoms with Gasteiger partial charge in [0.1, 0.15) is 0 Å². The Morgan fingerprint density at radius 3 is 2.19 bits per heavy atom. The Balaban J connectivity index is 2.10. The minimum atomic E-state index is -1.71. The van der Waals surface area contributed by atoms with Crippen LogP contribution >= 0.6 is 10.4 Å². The van der Waals surface area contributed by atoms with E-state index in [1.165, 1.54) is 11.1 Å². The molecule has 0 saturated heterocycles. The largest absolute Gasteiger partial charge is 0.280 e. The average Bonchev–Trinajstić information content (AvgIpc) is 2.46. The highest BCUT2D eigenvalue weighted by atomic mass is 32.3. The van der Waals surface area contributed by atoms with Gasteiger partial charge >= 0.3 is 0 Å². The number of benzene rings is 2. The summed E-state index contributed by atoms with van der Waals surface area (Å²) in [6.07, 6.45) is 0.918. The average molecular weight is 302 g/mol. The molecule has 0 bridgehead atoms. The Bertz CT molecular complexity index is 586. The summed E-state index contributed by atoms with van der Waals surface area (Å²) in [5.74, 6) is 0.810. The molecular weight excluding hydrogens is 276 g/mol. The summed E-state index contributed by atoms with van der Waals surface area (Å²) in [5, 5.41) is 12.7. The molecule has 0 radical (unpaired) electrons. The minimum absolute atomic E-state index is 0.171. The Kier molecular flexibility index (Phi) is 4.77. The molecule has 2 rings (SSSR count). The Hall–Kier alpha value is -1.29. The van der Waals surface area contributed by atoms with Crippen LogP contribution in [0, 0.1) is 0 Å². The van der Waals surface area contributed by atoms with Crippen LogP contribution < -0.4 is 10.3 Å². The molecule has 0 atom stereocenters. The van der Waals surface area contributed by atoms with E-state index in [0.717, 1.165) is 17.1 Å². The molecule has 0 fully saturated rings. The fourth-order valence-corrected chi connectivity index (χ4v) is 3.74. The van der Waals surface area contributed by atoms with Gasteiger partial charge in [0.2, 0.25) is 0 Å². The smallest absolute Gasteiger partial charge is 0.0149 e. The first kappa shape index (κ1) is 16.1. The van der Waals surface area contributed by atoms with Crippen molar-refractivity contribution in [2.75, 3.05) is 5.75 Å². The van der Waals surface area contributed by atoms with Crippen molar-refractivity contribution in [2.24, 2.45) is 10.3 Å². The lowest BCUT2D eigenvalue weighted by Crippen LogP contribution is -2.25. The second-order valence-electron chi connectivity index (χ2n) is 6.57. The molecule has 0 aliphatic rings. The van der Waals surface area contributed by atoms with Gasteiger partial charge in [-0.25, -0.2) is 0 Å². The van der Waals surface area contributed by atoms with Crippen molar-refractivity contribution in [3.8, 4) is 0 Å². The summed E-state index contributed by atoms with van der Waals surface area (Å²) >= 11 is 0. The molecule has 0 unspecified atom stereocenters. The summed E-state index contributed by atoms with van der Waals surface area (Å²) in [6.45, 7) is 6.70. The molecule has 0 aliphatic heterocycles. The first-order chi connectivity index (χ1) is 9.79. The van der Waals surface area contributed by atoms with Crippen LogP contribution in [0.5, 0.6) is 0 Å². The van der Waals surface area contributed by atoms with Gasteiger partial charge in [-0.1, -0.05) is 63.2 Å². The predicted octanol–water partition coefficient (Wildman–Crippen LogP) is 4.14. The Labute approximate surface area is 130 Å². The topological polar surface area (TPSA) is 52.0 Å². The van der Waals surface area contributed by atoms with E-state index in [9.17, 15) is 0 Å². The van der Waals surface area contributed by atoms with E-state index in [0.29, 0.717) is 0 Å². The Morgan fingerprint density at radius 1 is 0.905 bits per heavy atom.